The summed E-state index contributed by atoms with van der Waals surface area (Å²) in [6, 6.07) is 10.6. The number of rotatable bonds is 5. The molecule has 1 aromatic carbocycles. The number of anilines is 1. The molecule has 0 bridgehead atoms. The molecule has 0 radical (unpaired) electrons. The lowest BCUT2D eigenvalue weighted by Gasteiger charge is -2.23. The minimum absolute atomic E-state index is 0.756. The maximum atomic E-state index is 5.60. The maximum absolute atomic E-state index is 5.60. The van der Waals surface area contributed by atoms with E-state index < -0.39 is 0 Å². The Balaban J connectivity index is 1.38. The molecule has 2 aromatic rings. The van der Waals surface area contributed by atoms with Crippen LogP contribution < -0.4 is 10.6 Å². The molecule has 1 aromatic heterocycles. The number of hydrogen-bond acceptors (Lipinski definition) is 2. The second-order valence-electron chi connectivity index (χ2n) is 7.37. The summed E-state index contributed by atoms with van der Waals surface area (Å²) in [5.41, 5.74) is 8.12. The molecule has 0 unspecified atom stereocenters. The van der Waals surface area contributed by atoms with Crippen LogP contribution in [0.15, 0.2) is 30.3 Å². The Bertz CT molecular complexity index is 786. The molecule has 0 atom stereocenters. The highest BCUT2D eigenvalue weighted by atomic mass is 32.1. The van der Waals surface area contributed by atoms with Gasteiger partial charge in [0.1, 0.15) is 0 Å². The van der Waals surface area contributed by atoms with Crippen LogP contribution in [-0.4, -0.2) is 16.6 Å². The predicted molar refractivity (Wildman–Crippen MR) is 112 cm³/mol. The van der Waals surface area contributed by atoms with Gasteiger partial charge in [-0.2, -0.15) is 0 Å². The SMILES string of the molecule is S=C(NCCCc1ccccc1)Nc1c2c(nc3c1CCC3)CCCC2. The summed E-state index contributed by atoms with van der Waals surface area (Å²) in [6.45, 7) is 0.899. The van der Waals surface area contributed by atoms with E-state index in [1.54, 1.807) is 0 Å². The molecule has 2 aliphatic rings. The van der Waals surface area contributed by atoms with Crippen molar-refractivity contribution in [3.05, 3.63) is 58.4 Å². The smallest absolute Gasteiger partial charge is 0.170 e. The van der Waals surface area contributed by atoms with Gasteiger partial charge in [0, 0.05) is 17.9 Å². The summed E-state index contributed by atoms with van der Waals surface area (Å²) in [4.78, 5) is 4.97. The minimum atomic E-state index is 0.756. The Morgan fingerprint density at radius 3 is 2.42 bits per heavy atom. The number of nitrogens with one attached hydrogen (secondary N) is 2. The zero-order valence-electron chi connectivity index (χ0n) is 15.3. The molecule has 0 fully saturated rings. The highest BCUT2D eigenvalue weighted by Gasteiger charge is 2.24. The van der Waals surface area contributed by atoms with Gasteiger partial charge in [0.2, 0.25) is 0 Å². The van der Waals surface area contributed by atoms with Crippen LogP contribution in [0.25, 0.3) is 0 Å². The Hall–Kier alpha value is -1.94. The van der Waals surface area contributed by atoms with E-state index in [1.165, 1.54) is 53.0 Å². The first-order chi connectivity index (χ1) is 12.8. The summed E-state index contributed by atoms with van der Waals surface area (Å²) in [5, 5.41) is 7.70. The lowest BCUT2D eigenvalue weighted by Crippen LogP contribution is -2.31. The van der Waals surface area contributed by atoms with Crippen molar-refractivity contribution in [2.45, 2.75) is 57.8 Å². The van der Waals surface area contributed by atoms with Crippen molar-refractivity contribution in [2.24, 2.45) is 0 Å². The summed E-state index contributed by atoms with van der Waals surface area (Å²) >= 11 is 5.60. The Morgan fingerprint density at radius 2 is 1.62 bits per heavy atom. The van der Waals surface area contributed by atoms with Crippen LogP contribution >= 0.6 is 12.2 Å². The maximum Gasteiger partial charge on any atom is 0.170 e. The van der Waals surface area contributed by atoms with Crippen molar-refractivity contribution < 1.29 is 0 Å². The van der Waals surface area contributed by atoms with E-state index >= 15 is 0 Å². The molecule has 0 amide bonds. The van der Waals surface area contributed by atoms with Crippen molar-refractivity contribution in [2.75, 3.05) is 11.9 Å². The molecule has 0 spiro atoms. The van der Waals surface area contributed by atoms with Crippen LogP contribution in [0, 0.1) is 0 Å². The third-order valence-corrected chi connectivity index (χ3v) is 5.76. The van der Waals surface area contributed by atoms with Gasteiger partial charge in [0.05, 0.1) is 5.69 Å². The molecular weight excluding hydrogens is 338 g/mol. The quantitative estimate of drug-likeness (QED) is 0.609. The summed E-state index contributed by atoms with van der Waals surface area (Å²) in [5.74, 6) is 0. The van der Waals surface area contributed by atoms with E-state index in [2.05, 4.69) is 41.0 Å². The van der Waals surface area contributed by atoms with Crippen LogP contribution in [-0.2, 0) is 32.1 Å². The first-order valence-electron chi connectivity index (χ1n) is 9.93. The van der Waals surface area contributed by atoms with E-state index in [9.17, 15) is 0 Å². The number of nitrogens with zero attached hydrogens (tertiary/aromatic N) is 1. The van der Waals surface area contributed by atoms with Gasteiger partial charge in [-0.1, -0.05) is 30.3 Å². The first kappa shape index (κ1) is 17.5. The standard InChI is InChI=1S/C22H27N3S/c26-22(23-15-7-10-16-8-2-1-3-9-16)25-21-17-11-4-5-13-19(17)24-20-14-6-12-18(20)21/h1-3,8-9H,4-7,10-15H2,(H2,23,24,25,26). The monoisotopic (exact) mass is 365 g/mol. The Morgan fingerprint density at radius 1 is 0.923 bits per heavy atom. The number of thiocarbonyl (C=S) groups is 1. The number of pyridine rings is 1. The van der Waals surface area contributed by atoms with E-state index in [-0.39, 0.29) is 0 Å². The van der Waals surface area contributed by atoms with Crippen LogP contribution in [0.1, 0.15) is 53.8 Å². The number of aromatic nitrogens is 1. The molecule has 0 saturated heterocycles. The number of benzene rings is 1. The molecule has 1 heterocycles. The van der Waals surface area contributed by atoms with Gasteiger partial charge in [-0.25, -0.2) is 0 Å². The molecular formula is C22H27N3S. The minimum Gasteiger partial charge on any atom is -0.362 e. The summed E-state index contributed by atoms with van der Waals surface area (Å²) < 4.78 is 0. The van der Waals surface area contributed by atoms with Crippen molar-refractivity contribution >= 4 is 23.0 Å². The van der Waals surface area contributed by atoms with Gasteiger partial charge in [0.25, 0.3) is 0 Å². The molecule has 26 heavy (non-hydrogen) atoms. The average molecular weight is 366 g/mol. The molecule has 4 rings (SSSR count). The number of aryl methyl sites for hydroxylation is 3. The lowest BCUT2D eigenvalue weighted by atomic mass is 9.92. The molecule has 0 saturated carbocycles. The van der Waals surface area contributed by atoms with Crippen molar-refractivity contribution in [3.63, 3.8) is 0 Å². The van der Waals surface area contributed by atoms with Crippen LogP contribution in [0.2, 0.25) is 0 Å². The largest absolute Gasteiger partial charge is 0.362 e. The van der Waals surface area contributed by atoms with Gasteiger partial charge in [-0.3, -0.25) is 4.98 Å². The molecule has 2 N–H and O–H groups in total. The number of hydrogen-bond donors (Lipinski definition) is 2. The van der Waals surface area contributed by atoms with Gasteiger partial charge < -0.3 is 10.6 Å². The van der Waals surface area contributed by atoms with E-state index in [1.807, 2.05) is 0 Å². The van der Waals surface area contributed by atoms with Gasteiger partial charge >= 0.3 is 0 Å². The lowest BCUT2D eigenvalue weighted by molar-refractivity contribution is 0.665. The van der Waals surface area contributed by atoms with E-state index in [0.717, 1.165) is 50.2 Å². The number of fused-ring (bicyclic) bond motifs is 2. The average Bonchev–Trinajstić information content (AvgIpc) is 3.14. The normalized spacial score (nSPS) is 15.2. The fraction of sp³-hybridized carbons (Fsp3) is 0.455. The van der Waals surface area contributed by atoms with Gasteiger partial charge in [-0.15, -0.1) is 0 Å². The fourth-order valence-corrected chi connectivity index (χ4v) is 4.40. The zero-order valence-corrected chi connectivity index (χ0v) is 16.1. The molecule has 4 heteroatoms. The van der Waals surface area contributed by atoms with E-state index in [0.29, 0.717) is 0 Å². The van der Waals surface area contributed by atoms with Crippen LogP contribution in [0.4, 0.5) is 5.69 Å². The molecule has 0 aliphatic heterocycles. The topological polar surface area (TPSA) is 37.0 Å². The van der Waals surface area contributed by atoms with Gasteiger partial charge in [0.15, 0.2) is 5.11 Å². The third-order valence-electron chi connectivity index (χ3n) is 5.51. The first-order valence-corrected chi connectivity index (χ1v) is 10.3. The van der Waals surface area contributed by atoms with Crippen molar-refractivity contribution in [1.82, 2.24) is 10.3 Å². The zero-order chi connectivity index (χ0) is 17.8. The van der Waals surface area contributed by atoms with Crippen LogP contribution in [0.5, 0.6) is 0 Å². The van der Waals surface area contributed by atoms with Crippen molar-refractivity contribution in [3.8, 4) is 0 Å². The molecule has 2 aliphatic carbocycles. The highest BCUT2D eigenvalue weighted by molar-refractivity contribution is 7.80. The van der Waals surface area contributed by atoms with Crippen LogP contribution in [0.3, 0.4) is 0 Å². The molecule has 136 valence electrons. The second-order valence-corrected chi connectivity index (χ2v) is 7.78. The summed E-state index contributed by atoms with van der Waals surface area (Å²) in [6.07, 6.45) is 10.4. The fourth-order valence-electron chi connectivity index (χ4n) is 4.20. The Kier molecular flexibility index (Phi) is 5.49. The Labute approximate surface area is 161 Å². The third kappa shape index (κ3) is 3.90. The summed E-state index contributed by atoms with van der Waals surface area (Å²) in [7, 11) is 0. The highest BCUT2D eigenvalue weighted by Crippen LogP contribution is 2.35. The van der Waals surface area contributed by atoms with E-state index in [4.69, 9.17) is 17.2 Å². The predicted octanol–water partition coefficient (Wildman–Crippen LogP) is 4.37. The van der Waals surface area contributed by atoms with Gasteiger partial charge in [-0.05, 0) is 86.7 Å². The van der Waals surface area contributed by atoms with Crippen molar-refractivity contribution in [1.29, 1.82) is 0 Å². The second kappa shape index (κ2) is 8.17. The molecule has 3 nitrogen and oxygen atoms in total.